The number of halogens is 1. The zero-order valence-electron chi connectivity index (χ0n) is 11.5. The summed E-state index contributed by atoms with van der Waals surface area (Å²) in [6.07, 6.45) is 4.68. The van der Waals surface area contributed by atoms with Gasteiger partial charge in [0.1, 0.15) is 0 Å². The monoisotopic (exact) mass is 289 g/mol. The lowest BCUT2D eigenvalue weighted by atomic mass is 9.78. The van der Waals surface area contributed by atoms with E-state index in [1.807, 2.05) is 32.1 Å². The van der Waals surface area contributed by atoms with Crippen molar-refractivity contribution in [3.8, 4) is 0 Å². The number of hydrogen-bond donors (Lipinski definition) is 0. The Morgan fingerprint density at radius 3 is 2.65 bits per heavy atom. The first-order valence-corrected chi connectivity index (χ1v) is 7.19. The molecule has 1 aromatic carbocycles. The predicted octanol–water partition coefficient (Wildman–Crippen LogP) is 3.35. The standard InChI is InChI=1S/C16H16ClNO2/c1-9-6-7-11(8-13(9)17)18-15(19)12-5-3-4-10(2)14(12)16(18)20/h3-4,6-8,10,12,14H,5H2,1-2H3/t10-,12+,14+/m1/s1. The molecule has 3 rings (SSSR count). The smallest absolute Gasteiger partial charge is 0.238 e. The molecule has 2 amide bonds. The Balaban J connectivity index is 2.01. The van der Waals surface area contributed by atoms with Gasteiger partial charge in [-0.15, -0.1) is 0 Å². The fraction of sp³-hybridized carbons (Fsp3) is 0.375. The van der Waals surface area contributed by atoms with E-state index in [-0.39, 0.29) is 29.6 Å². The molecule has 0 aromatic heterocycles. The summed E-state index contributed by atoms with van der Waals surface area (Å²) < 4.78 is 0. The van der Waals surface area contributed by atoms with Crippen molar-refractivity contribution in [1.29, 1.82) is 0 Å². The highest BCUT2D eigenvalue weighted by atomic mass is 35.5. The molecule has 0 radical (unpaired) electrons. The molecule has 1 aliphatic heterocycles. The molecule has 1 aliphatic carbocycles. The van der Waals surface area contributed by atoms with Gasteiger partial charge in [-0.05, 0) is 37.0 Å². The Kier molecular flexibility index (Phi) is 3.17. The Hall–Kier alpha value is -1.61. The van der Waals surface area contributed by atoms with E-state index in [0.717, 1.165) is 5.56 Å². The van der Waals surface area contributed by atoms with E-state index in [0.29, 0.717) is 17.1 Å². The van der Waals surface area contributed by atoms with E-state index >= 15 is 0 Å². The summed E-state index contributed by atoms with van der Waals surface area (Å²) >= 11 is 6.11. The van der Waals surface area contributed by atoms with Gasteiger partial charge in [0.25, 0.3) is 0 Å². The van der Waals surface area contributed by atoms with Crippen LogP contribution in [0.25, 0.3) is 0 Å². The average molecular weight is 290 g/mol. The maximum absolute atomic E-state index is 12.6. The SMILES string of the molecule is Cc1ccc(N2C(=O)[C@H]3[C@H](C)C=CC[C@@H]3C2=O)cc1Cl. The van der Waals surface area contributed by atoms with Gasteiger partial charge in [-0.1, -0.05) is 36.7 Å². The van der Waals surface area contributed by atoms with E-state index in [1.165, 1.54) is 4.90 Å². The first-order valence-electron chi connectivity index (χ1n) is 6.81. The Morgan fingerprint density at radius 2 is 2.00 bits per heavy atom. The van der Waals surface area contributed by atoms with Crippen LogP contribution < -0.4 is 4.90 Å². The quantitative estimate of drug-likeness (QED) is 0.587. The van der Waals surface area contributed by atoms with Crippen LogP contribution in [0.5, 0.6) is 0 Å². The maximum atomic E-state index is 12.6. The summed E-state index contributed by atoms with van der Waals surface area (Å²) in [7, 11) is 0. The molecule has 1 saturated heterocycles. The second-order valence-electron chi connectivity index (χ2n) is 5.60. The zero-order chi connectivity index (χ0) is 14.4. The van der Waals surface area contributed by atoms with Crippen molar-refractivity contribution >= 4 is 29.1 Å². The van der Waals surface area contributed by atoms with Crippen LogP contribution in [0.3, 0.4) is 0 Å². The zero-order valence-corrected chi connectivity index (χ0v) is 12.2. The number of imide groups is 1. The van der Waals surface area contributed by atoms with Crippen molar-refractivity contribution in [3.63, 3.8) is 0 Å². The first kappa shape index (κ1) is 13.4. The largest absolute Gasteiger partial charge is 0.274 e. The van der Waals surface area contributed by atoms with Gasteiger partial charge in [0.15, 0.2) is 0 Å². The lowest BCUT2D eigenvalue weighted by molar-refractivity contribution is -0.122. The lowest BCUT2D eigenvalue weighted by Crippen LogP contribution is -2.31. The van der Waals surface area contributed by atoms with Gasteiger partial charge in [-0.2, -0.15) is 0 Å². The number of hydrogen-bond acceptors (Lipinski definition) is 2. The average Bonchev–Trinajstić information content (AvgIpc) is 2.67. The minimum absolute atomic E-state index is 0.100. The molecule has 3 nitrogen and oxygen atoms in total. The number of fused-ring (bicyclic) bond motifs is 1. The van der Waals surface area contributed by atoms with Gasteiger partial charge < -0.3 is 0 Å². The fourth-order valence-corrected chi connectivity index (χ4v) is 3.30. The van der Waals surface area contributed by atoms with Crippen LogP contribution in [-0.2, 0) is 9.59 Å². The number of carbonyl (C=O) groups excluding carboxylic acids is 2. The van der Waals surface area contributed by atoms with Gasteiger partial charge in [-0.3, -0.25) is 9.59 Å². The molecular formula is C16H16ClNO2. The molecule has 1 aromatic rings. The molecule has 1 heterocycles. The summed E-state index contributed by atoms with van der Waals surface area (Å²) in [6, 6.07) is 5.32. The van der Waals surface area contributed by atoms with E-state index in [2.05, 4.69) is 0 Å². The van der Waals surface area contributed by atoms with E-state index in [9.17, 15) is 9.59 Å². The summed E-state index contributed by atoms with van der Waals surface area (Å²) in [5.41, 5.74) is 1.51. The number of nitrogens with zero attached hydrogens (tertiary/aromatic N) is 1. The van der Waals surface area contributed by atoms with Crippen molar-refractivity contribution in [1.82, 2.24) is 0 Å². The highest BCUT2D eigenvalue weighted by Crippen LogP contribution is 2.40. The molecule has 0 bridgehead atoms. The third-order valence-corrected chi connectivity index (χ3v) is 4.69. The molecule has 0 N–H and O–H groups in total. The second kappa shape index (κ2) is 4.74. The Bertz CT molecular complexity index is 623. The van der Waals surface area contributed by atoms with Crippen LogP contribution in [0.4, 0.5) is 5.69 Å². The number of benzene rings is 1. The van der Waals surface area contributed by atoms with E-state index in [1.54, 1.807) is 12.1 Å². The van der Waals surface area contributed by atoms with Crippen molar-refractivity contribution in [2.24, 2.45) is 17.8 Å². The Morgan fingerprint density at radius 1 is 1.25 bits per heavy atom. The fourth-order valence-electron chi connectivity index (χ4n) is 3.12. The highest BCUT2D eigenvalue weighted by Gasteiger charge is 2.50. The molecule has 104 valence electrons. The van der Waals surface area contributed by atoms with Crippen molar-refractivity contribution in [2.45, 2.75) is 20.3 Å². The first-order chi connectivity index (χ1) is 9.50. The number of allylic oxidation sites excluding steroid dienone is 2. The highest BCUT2D eigenvalue weighted by molar-refractivity contribution is 6.32. The normalized spacial score (nSPS) is 28.9. The number of aryl methyl sites for hydroxylation is 1. The van der Waals surface area contributed by atoms with Crippen LogP contribution in [0, 0.1) is 24.7 Å². The van der Waals surface area contributed by atoms with Crippen molar-refractivity contribution < 1.29 is 9.59 Å². The van der Waals surface area contributed by atoms with Gasteiger partial charge in [0, 0.05) is 5.02 Å². The van der Waals surface area contributed by atoms with E-state index in [4.69, 9.17) is 11.6 Å². The number of carbonyl (C=O) groups is 2. The van der Waals surface area contributed by atoms with Crippen LogP contribution in [0.15, 0.2) is 30.4 Å². The predicted molar refractivity (Wildman–Crippen MR) is 78.6 cm³/mol. The Labute approximate surface area is 123 Å². The molecule has 0 saturated carbocycles. The summed E-state index contributed by atoms with van der Waals surface area (Å²) in [6.45, 7) is 3.88. The molecule has 3 atom stereocenters. The van der Waals surface area contributed by atoms with Gasteiger partial charge in [-0.25, -0.2) is 4.90 Å². The van der Waals surface area contributed by atoms with Crippen molar-refractivity contribution in [3.05, 3.63) is 40.9 Å². The summed E-state index contributed by atoms with van der Waals surface area (Å²) in [5.74, 6) is -0.542. The van der Waals surface area contributed by atoms with Crippen LogP contribution >= 0.6 is 11.6 Å². The maximum Gasteiger partial charge on any atom is 0.238 e. The molecule has 4 heteroatoms. The van der Waals surface area contributed by atoms with Crippen LogP contribution in [-0.4, -0.2) is 11.8 Å². The molecule has 0 unspecified atom stereocenters. The van der Waals surface area contributed by atoms with Gasteiger partial charge >= 0.3 is 0 Å². The number of amides is 2. The van der Waals surface area contributed by atoms with Crippen LogP contribution in [0.2, 0.25) is 5.02 Å². The topological polar surface area (TPSA) is 37.4 Å². The minimum Gasteiger partial charge on any atom is -0.274 e. The van der Waals surface area contributed by atoms with Crippen LogP contribution in [0.1, 0.15) is 18.9 Å². The molecule has 0 spiro atoms. The van der Waals surface area contributed by atoms with Gasteiger partial charge in [0.05, 0.1) is 17.5 Å². The van der Waals surface area contributed by atoms with E-state index < -0.39 is 0 Å². The summed E-state index contributed by atoms with van der Waals surface area (Å²) in [5, 5.41) is 0.573. The summed E-state index contributed by atoms with van der Waals surface area (Å²) in [4.78, 5) is 26.4. The molecule has 20 heavy (non-hydrogen) atoms. The number of anilines is 1. The molecule has 2 aliphatic rings. The molecule has 1 fully saturated rings. The third kappa shape index (κ3) is 1.88. The minimum atomic E-state index is -0.229. The second-order valence-corrected chi connectivity index (χ2v) is 6.01. The van der Waals surface area contributed by atoms with Gasteiger partial charge in [0.2, 0.25) is 11.8 Å². The van der Waals surface area contributed by atoms with Crippen molar-refractivity contribution in [2.75, 3.05) is 4.90 Å². The third-order valence-electron chi connectivity index (χ3n) is 4.29. The molecular weight excluding hydrogens is 274 g/mol. The number of rotatable bonds is 1. The lowest BCUT2D eigenvalue weighted by Gasteiger charge is -2.22.